The number of carbonyl (C=O) groups excluding carboxylic acids is 1. The van der Waals surface area contributed by atoms with Gasteiger partial charge in [-0.05, 0) is 55.5 Å². The van der Waals surface area contributed by atoms with Crippen molar-refractivity contribution >= 4 is 51.5 Å². The monoisotopic (exact) mass is 481 g/mol. The first-order chi connectivity index (χ1) is 16.0. The van der Waals surface area contributed by atoms with Gasteiger partial charge in [0.25, 0.3) is 0 Å². The van der Waals surface area contributed by atoms with E-state index in [9.17, 15) is 4.79 Å². The van der Waals surface area contributed by atoms with Crippen LogP contribution in [0.3, 0.4) is 0 Å². The number of fused-ring (bicyclic) bond motifs is 1. The third-order valence-electron chi connectivity index (χ3n) is 4.86. The van der Waals surface area contributed by atoms with Gasteiger partial charge in [0.15, 0.2) is 0 Å². The average Bonchev–Trinajstić information content (AvgIpc) is 2.79. The van der Waals surface area contributed by atoms with Gasteiger partial charge >= 0.3 is 6.03 Å². The van der Waals surface area contributed by atoms with E-state index in [-0.39, 0.29) is 0 Å². The lowest BCUT2D eigenvalue weighted by atomic mass is 10.1. The van der Waals surface area contributed by atoms with E-state index >= 15 is 0 Å². The van der Waals surface area contributed by atoms with Crippen LogP contribution in [0.1, 0.15) is 6.92 Å². The molecule has 6 nitrogen and oxygen atoms in total. The minimum atomic E-state index is -0.434. The van der Waals surface area contributed by atoms with Crippen molar-refractivity contribution in [2.24, 2.45) is 0 Å². The number of nitrogens with one attached hydrogen (secondary N) is 2. The summed E-state index contributed by atoms with van der Waals surface area (Å²) in [6.07, 6.45) is 0. The summed E-state index contributed by atoms with van der Waals surface area (Å²) in [6, 6.07) is 19.4. The predicted octanol–water partition coefficient (Wildman–Crippen LogP) is 7.26. The van der Waals surface area contributed by atoms with E-state index in [4.69, 9.17) is 37.7 Å². The van der Waals surface area contributed by atoms with Crippen molar-refractivity contribution in [3.05, 3.63) is 76.8 Å². The molecule has 0 fully saturated rings. The van der Waals surface area contributed by atoms with Crippen LogP contribution in [-0.4, -0.2) is 24.7 Å². The highest BCUT2D eigenvalue weighted by Gasteiger charge is 2.12. The van der Waals surface area contributed by atoms with Crippen molar-refractivity contribution in [1.82, 2.24) is 4.98 Å². The zero-order valence-corrected chi connectivity index (χ0v) is 19.5. The second kappa shape index (κ2) is 9.98. The molecule has 0 saturated heterocycles. The molecule has 0 atom stereocenters. The normalized spacial score (nSPS) is 10.7. The minimum Gasteiger partial charge on any atom is -0.495 e. The molecule has 4 rings (SSSR count). The molecule has 2 amide bonds. The second-order valence-corrected chi connectivity index (χ2v) is 7.98. The number of pyridine rings is 1. The number of methoxy groups -OCH3 is 1. The van der Waals surface area contributed by atoms with Crippen molar-refractivity contribution in [2.45, 2.75) is 6.92 Å². The third-order valence-corrected chi connectivity index (χ3v) is 5.33. The molecule has 0 spiro atoms. The van der Waals surface area contributed by atoms with Crippen molar-refractivity contribution in [3.63, 3.8) is 0 Å². The molecule has 0 aliphatic carbocycles. The molecule has 4 aromatic rings. The molecule has 0 radical (unpaired) electrons. The van der Waals surface area contributed by atoms with Gasteiger partial charge in [0, 0.05) is 32.7 Å². The molecule has 1 heterocycles. The second-order valence-electron chi connectivity index (χ2n) is 7.10. The van der Waals surface area contributed by atoms with Gasteiger partial charge in [-0.3, -0.25) is 0 Å². The summed E-state index contributed by atoms with van der Waals surface area (Å²) in [5, 5.41) is 7.48. The standard InChI is InChI=1S/C25H21Cl2N3O3/c1-3-33-24-14-21(15-5-4-6-16(26)11-15)29-20-9-8-18(13-19(20)24)28-25(31)30-22-12-17(27)7-10-23(22)32-2/h4-14H,3H2,1-2H3,(H2,28,30,31). The number of amides is 2. The van der Waals surface area contributed by atoms with Gasteiger partial charge in [-0.1, -0.05) is 35.3 Å². The largest absolute Gasteiger partial charge is 0.495 e. The quantitative estimate of drug-likeness (QED) is 0.303. The van der Waals surface area contributed by atoms with Gasteiger partial charge in [0.05, 0.1) is 30.6 Å². The Morgan fingerprint density at radius 1 is 0.939 bits per heavy atom. The Labute approximate surface area is 201 Å². The molecule has 8 heteroatoms. The molecule has 0 aliphatic rings. The number of hydrogen-bond donors (Lipinski definition) is 2. The number of urea groups is 1. The number of rotatable bonds is 6. The maximum Gasteiger partial charge on any atom is 0.323 e. The number of carbonyl (C=O) groups is 1. The molecular weight excluding hydrogens is 461 g/mol. The fraction of sp³-hybridized carbons (Fsp3) is 0.120. The van der Waals surface area contributed by atoms with E-state index in [1.807, 2.05) is 49.4 Å². The van der Waals surface area contributed by atoms with Gasteiger partial charge in [0.1, 0.15) is 11.5 Å². The van der Waals surface area contributed by atoms with Crippen LogP contribution in [0.4, 0.5) is 16.2 Å². The van der Waals surface area contributed by atoms with Gasteiger partial charge in [0.2, 0.25) is 0 Å². The third kappa shape index (κ3) is 5.30. The SMILES string of the molecule is CCOc1cc(-c2cccc(Cl)c2)nc2ccc(NC(=O)Nc3cc(Cl)ccc3OC)cc12. The summed E-state index contributed by atoms with van der Waals surface area (Å²) in [5.74, 6) is 1.17. The van der Waals surface area contributed by atoms with Crippen LogP contribution >= 0.6 is 23.2 Å². The summed E-state index contributed by atoms with van der Waals surface area (Å²) in [4.78, 5) is 17.4. The number of hydrogen-bond acceptors (Lipinski definition) is 4. The lowest BCUT2D eigenvalue weighted by Crippen LogP contribution is -2.19. The van der Waals surface area contributed by atoms with E-state index in [1.165, 1.54) is 7.11 Å². The first-order valence-corrected chi connectivity index (χ1v) is 11.0. The molecule has 0 unspecified atom stereocenters. The van der Waals surface area contributed by atoms with E-state index in [2.05, 4.69) is 10.6 Å². The summed E-state index contributed by atoms with van der Waals surface area (Å²) in [6.45, 7) is 2.40. The molecule has 0 bridgehead atoms. The van der Waals surface area contributed by atoms with Crippen molar-refractivity contribution < 1.29 is 14.3 Å². The van der Waals surface area contributed by atoms with Crippen LogP contribution in [0, 0.1) is 0 Å². The zero-order chi connectivity index (χ0) is 23.4. The Bertz CT molecular complexity index is 1330. The Balaban J connectivity index is 1.63. The van der Waals surface area contributed by atoms with E-state index < -0.39 is 6.03 Å². The number of nitrogens with zero attached hydrogens (tertiary/aromatic N) is 1. The maximum atomic E-state index is 12.6. The fourth-order valence-corrected chi connectivity index (χ4v) is 3.77. The first-order valence-electron chi connectivity index (χ1n) is 10.2. The first kappa shape index (κ1) is 22.7. The summed E-state index contributed by atoms with van der Waals surface area (Å²) in [7, 11) is 1.52. The Hall–Kier alpha value is -3.48. The van der Waals surface area contributed by atoms with Crippen molar-refractivity contribution in [2.75, 3.05) is 24.4 Å². The summed E-state index contributed by atoms with van der Waals surface area (Å²) < 4.78 is 11.2. The highest BCUT2D eigenvalue weighted by molar-refractivity contribution is 6.31. The van der Waals surface area contributed by atoms with Crippen LogP contribution in [-0.2, 0) is 0 Å². The van der Waals surface area contributed by atoms with E-state index in [0.717, 1.165) is 22.2 Å². The summed E-state index contributed by atoms with van der Waals surface area (Å²) >= 11 is 12.2. The van der Waals surface area contributed by atoms with Crippen LogP contribution in [0.15, 0.2) is 66.7 Å². The number of anilines is 2. The van der Waals surface area contributed by atoms with E-state index in [1.54, 1.807) is 24.3 Å². The topological polar surface area (TPSA) is 72.5 Å². The minimum absolute atomic E-state index is 0.434. The number of benzene rings is 3. The predicted molar refractivity (Wildman–Crippen MR) is 134 cm³/mol. The molecule has 0 aliphatic heterocycles. The lowest BCUT2D eigenvalue weighted by Gasteiger charge is -2.14. The Morgan fingerprint density at radius 2 is 1.76 bits per heavy atom. The van der Waals surface area contributed by atoms with Crippen LogP contribution in [0.5, 0.6) is 11.5 Å². The molecule has 1 aromatic heterocycles. The fourth-order valence-electron chi connectivity index (χ4n) is 3.41. The number of aromatic nitrogens is 1. The van der Waals surface area contributed by atoms with E-state index in [0.29, 0.717) is 39.5 Å². The number of ether oxygens (including phenoxy) is 2. The molecule has 2 N–H and O–H groups in total. The van der Waals surface area contributed by atoms with Gasteiger partial charge in [-0.25, -0.2) is 9.78 Å². The highest BCUT2D eigenvalue weighted by atomic mass is 35.5. The molecule has 168 valence electrons. The zero-order valence-electron chi connectivity index (χ0n) is 18.0. The number of halogens is 2. The van der Waals surface area contributed by atoms with Crippen LogP contribution in [0.25, 0.3) is 22.2 Å². The Morgan fingerprint density at radius 3 is 2.52 bits per heavy atom. The molecule has 3 aromatic carbocycles. The highest BCUT2D eigenvalue weighted by Crippen LogP contribution is 2.33. The van der Waals surface area contributed by atoms with Gasteiger partial charge < -0.3 is 20.1 Å². The molecule has 33 heavy (non-hydrogen) atoms. The smallest absolute Gasteiger partial charge is 0.323 e. The maximum absolute atomic E-state index is 12.6. The summed E-state index contributed by atoms with van der Waals surface area (Å²) in [5.41, 5.74) is 3.42. The van der Waals surface area contributed by atoms with Crippen molar-refractivity contribution in [1.29, 1.82) is 0 Å². The van der Waals surface area contributed by atoms with Crippen molar-refractivity contribution in [3.8, 4) is 22.8 Å². The molecule has 0 saturated carbocycles. The lowest BCUT2D eigenvalue weighted by molar-refractivity contribution is 0.262. The average molecular weight is 482 g/mol. The Kier molecular flexibility index (Phi) is 6.87. The van der Waals surface area contributed by atoms with Gasteiger partial charge in [-0.15, -0.1) is 0 Å². The van der Waals surface area contributed by atoms with Crippen LogP contribution < -0.4 is 20.1 Å². The van der Waals surface area contributed by atoms with Crippen LogP contribution in [0.2, 0.25) is 10.0 Å². The van der Waals surface area contributed by atoms with Gasteiger partial charge in [-0.2, -0.15) is 0 Å². The molecular formula is C25H21Cl2N3O3.